The summed E-state index contributed by atoms with van der Waals surface area (Å²) in [6, 6.07) is 0. The third-order valence-electron chi connectivity index (χ3n) is 0. The first-order valence-corrected chi connectivity index (χ1v) is 2.59. The van der Waals surface area contributed by atoms with Crippen LogP contribution in [-0.2, 0) is 6.09 Å². The Labute approximate surface area is 74.9 Å². The molecule has 0 spiro atoms. The zero-order valence-corrected chi connectivity index (χ0v) is 10.2. The number of hydrogen-bond acceptors (Lipinski definition) is 2. The molecule has 0 heterocycles. The van der Waals surface area contributed by atoms with E-state index in [4.69, 9.17) is 6.09 Å². The van der Waals surface area contributed by atoms with Crippen LogP contribution in [0.4, 0.5) is 0 Å². The van der Waals surface area contributed by atoms with Crippen LogP contribution in [0.5, 0.6) is 0 Å². The van der Waals surface area contributed by atoms with Crippen molar-refractivity contribution in [3.05, 3.63) is 0 Å². The van der Waals surface area contributed by atoms with Gasteiger partial charge in [0.15, 0.2) is 0 Å². The molecule has 0 saturated heterocycles. The van der Waals surface area contributed by atoms with Gasteiger partial charge in [-0.15, -0.1) is 0 Å². The van der Waals surface area contributed by atoms with Crippen molar-refractivity contribution in [2.45, 2.75) is 0 Å². The third-order valence-corrected chi connectivity index (χ3v) is 0. The third kappa shape index (κ3) is 23.7. The molecule has 0 aliphatic heterocycles. The molecular weight excluding hydrogens is 394 g/mol. The van der Waals surface area contributed by atoms with Crippen LogP contribution in [0.3, 0.4) is 0 Å². The molecule has 0 atom stereocenters. The Morgan fingerprint density at radius 3 is 1.20 bits per heavy atom. The maximum atomic E-state index is 8.34. The fraction of sp³-hybridized carbons (Fsp3) is 0. The second kappa shape index (κ2) is 36.9. The minimum atomic E-state index is 0. The smallest absolute Gasteiger partial charge is 0 e. The maximum Gasteiger partial charge on any atom is 0 e. The molecule has 0 rings (SSSR count). The minimum absolute atomic E-state index is 0. The molecule has 0 saturated carbocycles. The van der Waals surface area contributed by atoms with Gasteiger partial charge in [-0.1, -0.05) is 0 Å². The molecule has 0 amide bonds. The molecule has 5 heteroatoms. The Morgan fingerprint density at radius 2 is 1.20 bits per heavy atom. The number of rotatable bonds is 0. The van der Waals surface area contributed by atoms with Gasteiger partial charge in [-0.3, -0.25) is 0 Å². The van der Waals surface area contributed by atoms with E-state index in [2.05, 4.69) is 0 Å². The van der Waals surface area contributed by atoms with Gasteiger partial charge in [-0.25, -0.2) is 0 Å². The van der Waals surface area contributed by atoms with E-state index in [0.29, 0.717) is 45.5 Å². The predicted molar refractivity (Wildman–Crippen MR) is 18.6 cm³/mol. The predicted octanol–water partition coefficient (Wildman–Crippen LogP) is -1.38. The van der Waals surface area contributed by atoms with E-state index >= 15 is 0 Å². The van der Waals surface area contributed by atoms with Crippen molar-refractivity contribution < 1.29 is 6.09 Å². The summed E-state index contributed by atoms with van der Waals surface area (Å²) in [6.07, 6.45) is 0. The summed E-state index contributed by atoms with van der Waals surface area (Å²) in [5.74, 6) is 0. The topological polar surface area (TPSA) is 34.1 Å². The van der Waals surface area contributed by atoms with Crippen LogP contribution in [0.2, 0.25) is 0 Å². The molecule has 0 fully saturated rings. The summed E-state index contributed by atoms with van der Waals surface area (Å²) < 4.78 is 16.6. The van der Waals surface area contributed by atoms with E-state index in [1.807, 2.05) is 0 Å². The maximum absolute atomic E-state index is 8.34. The first-order valence-electron chi connectivity index (χ1n) is 0.387. The molecule has 0 aromatic heterocycles. The molecule has 0 unspecified atom stereocenters. The molecule has 0 N–H and O–H groups in total. The zero-order valence-electron chi connectivity index (χ0n) is 2.21. The molecule has 0 bridgehead atoms. The molecule has 26 valence electrons. The van der Waals surface area contributed by atoms with E-state index in [1.54, 1.807) is 0 Å². The van der Waals surface area contributed by atoms with Gasteiger partial charge in [0, 0.05) is 24.4 Å². The largest absolute Gasteiger partial charge is 0 e. The van der Waals surface area contributed by atoms with Gasteiger partial charge in [0.05, 0.1) is 0 Å². The molecular formula is O2Sb2Sn. The SMILES string of the molecule is [O]=[Sb].[O]=[Sn].[Sb]. The van der Waals surface area contributed by atoms with Crippen molar-refractivity contribution in [3.63, 3.8) is 0 Å². The summed E-state index contributed by atoms with van der Waals surface area (Å²) in [6.45, 7) is 0. The van der Waals surface area contributed by atoms with Gasteiger partial charge in [0.2, 0.25) is 0 Å². The Hall–Kier alpha value is 2.04. The second-order valence-corrected chi connectivity index (χ2v) is 0. The molecule has 0 aliphatic rings. The van der Waals surface area contributed by atoms with Crippen molar-refractivity contribution in [1.29, 1.82) is 0 Å². The van der Waals surface area contributed by atoms with Crippen molar-refractivity contribution in [2.75, 3.05) is 0 Å². The molecule has 0 aromatic rings. The average Bonchev–Trinajstić information content (AvgIpc) is 1.50. The Morgan fingerprint density at radius 1 is 1.20 bits per heavy atom. The molecule has 6 radical (unpaired) electrons. The first-order chi connectivity index (χ1) is 2.00. The quantitative estimate of drug-likeness (QED) is 0.475. The van der Waals surface area contributed by atoms with Gasteiger partial charge in [-0.05, 0) is 0 Å². The van der Waals surface area contributed by atoms with Crippen molar-refractivity contribution in [1.82, 2.24) is 0 Å². The van der Waals surface area contributed by atoms with Crippen LogP contribution in [0.15, 0.2) is 0 Å². The molecule has 5 heavy (non-hydrogen) atoms. The fourth-order valence-corrected chi connectivity index (χ4v) is 0. The van der Waals surface area contributed by atoms with Crippen LogP contribution in [0, 0.1) is 0 Å². The molecule has 2 nitrogen and oxygen atoms in total. The normalized spacial score (nSPS) is 1.60. The van der Waals surface area contributed by atoms with E-state index in [-0.39, 0.29) is 24.4 Å². The Kier molecular flexibility index (Phi) is 116. The van der Waals surface area contributed by atoms with Crippen molar-refractivity contribution in [3.8, 4) is 0 Å². The molecule has 0 aromatic carbocycles. The summed E-state index contributed by atoms with van der Waals surface area (Å²) in [5, 5.41) is 0. The minimum Gasteiger partial charge on any atom is 0 e. The summed E-state index contributed by atoms with van der Waals surface area (Å²) in [4.78, 5) is 0. The van der Waals surface area contributed by atoms with Crippen LogP contribution in [-0.4, -0.2) is 70.0 Å². The van der Waals surface area contributed by atoms with Crippen LogP contribution in [0.1, 0.15) is 0 Å². The summed E-state index contributed by atoms with van der Waals surface area (Å²) in [5.41, 5.74) is 0. The van der Waals surface area contributed by atoms with E-state index in [0.717, 1.165) is 0 Å². The van der Waals surface area contributed by atoms with E-state index < -0.39 is 0 Å². The zero-order chi connectivity index (χ0) is 4.00. The van der Waals surface area contributed by atoms with Crippen LogP contribution >= 0.6 is 0 Å². The standard InChI is InChI=1S/2O.2Sb.Sn. The molecule has 0 aliphatic carbocycles. The Balaban J connectivity index is -0.0000000133. The van der Waals surface area contributed by atoms with Gasteiger partial charge >= 0.3 is 51.6 Å². The van der Waals surface area contributed by atoms with Gasteiger partial charge in [-0.2, -0.15) is 0 Å². The van der Waals surface area contributed by atoms with Crippen molar-refractivity contribution >= 4 is 70.0 Å². The van der Waals surface area contributed by atoms with Crippen LogP contribution < -0.4 is 0 Å². The van der Waals surface area contributed by atoms with Crippen molar-refractivity contribution in [2.24, 2.45) is 0 Å². The van der Waals surface area contributed by atoms with Crippen LogP contribution in [0.25, 0.3) is 0 Å². The van der Waals surface area contributed by atoms with E-state index in [1.165, 1.54) is 0 Å². The first kappa shape index (κ1) is 15.7. The summed E-state index contributed by atoms with van der Waals surface area (Å²) >= 11 is 0.800. The van der Waals surface area contributed by atoms with Gasteiger partial charge in [0.1, 0.15) is 0 Å². The van der Waals surface area contributed by atoms with Gasteiger partial charge < -0.3 is 0 Å². The Bertz CT molecular complexity index is 9.61. The average molecular weight is 394 g/mol. The summed E-state index contributed by atoms with van der Waals surface area (Å²) in [7, 11) is 0. The van der Waals surface area contributed by atoms with E-state index in [9.17, 15) is 0 Å². The monoisotopic (exact) mass is 394 g/mol. The number of hydrogen-bond donors (Lipinski definition) is 0. The second-order valence-electron chi connectivity index (χ2n) is 0. The fourth-order valence-electron chi connectivity index (χ4n) is 0. The van der Waals surface area contributed by atoms with Gasteiger partial charge in [0.25, 0.3) is 0 Å².